The van der Waals surface area contributed by atoms with Crippen molar-refractivity contribution < 1.29 is 24.2 Å². The number of carbonyl (C=O) groups excluding carboxylic acids is 2. The van der Waals surface area contributed by atoms with Crippen LogP contribution in [-0.2, 0) is 9.59 Å². The van der Waals surface area contributed by atoms with Gasteiger partial charge in [0.15, 0.2) is 0 Å². The van der Waals surface area contributed by atoms with Gasteiger partial charge in [0.25, 0.3) is 11.7 Å². The summed E-state index contributed by atoms with van der Waals surface area (Å²) in [5.74, 6) is -0.181. The van der Waals surface area contributed by atoms with E-state index in [4.69, 9.17) is 9.47 Å². The second kappa shape index (κ2) is 11.0. The number of ether oxygens (including phenoxy) is 2. The molecule has 34 heavy (non-hydrogen) atoms. The zero-order chi connectivity index (χ0) is 24.8. The number of hydrogen-bond acceptors (Lipinski definition) is 6. The number of ketones is 1. The van der Waals surface area contributed by atoms with Gasteiger partial charge in [0.05, 0.1) is 18.2 Å². The molecule has 1 heterocycles. The van der Waals surface area contributed by atoms with Crippen molar-refractivity contribution in [2.24, 2.45) is 0 Å². The van der Waals surface area contributed by atoms with Crippen LogP contribution in [0.1, 0.15) is 29.7 Å². The Morgan fingerprint density at radius 2 is 1.79 bits per heavy atom. The Bertz CT molecular complexity index is 1090. The van der Waals surface area contributed by atoms with Crippen LogP contribution in [0.25, 0.3) is 5.76 Å². The zero-order valence-electron chi connectivity index (χ0n) is 20.2. The molecule has 1 aliphatic heterocycles. The lowest BCUT2D eigenvalue weighted by Crippen LogP contribution is -2.35. The fourth-order valence-electron chi connectivity index (χ4n) is 3.97. The molecule has 1 amide bonds. The minimum absolute atomic E-state index is 0.0794. The van der Waals surface area contributed by atoms with Gasteiger partial charge in [-0.3, -0.25) is 9.59 Å². The molecule has 0 saturated carbocycles. The molecule has 0 radical (unpaired) electrons. The number of rotatable bonds is 10. The standard InChI is InChI=1S/C27H32N2O5/c1-6-16-34-20-10-8-19(9-11-20)24-23(26(31)27(32)29(24)15-14-28(4)5)25(30)22-13-12-21(33-7-2)17-18(22)3/h6,8-13,17,24,30H,1,7,14-16H2,2-5H3. The summed E-state index contributed by atoms with van der Waals surface area (Å²) in [6.45, 7) is 9.19. The van der Waals surface area contributed by atoms with E-state index in [0.29, 0.717) is 48.9 Å². The second-order valence-electron chi connectivity index (χ2n) is 8.37. The lowest BCUT2D eigenvalue weighted by atomic mass is 9.94. The first-order valence-electron chi connectivity index (χ1n) is 11.3. The summed E-state index contributed by atoms with van der Waals surface area (Å²) < 4.78 is 11.1. The van der Waals surface area contributed by atoms with Gasteiger partial charge in [-0.15, -0.1) is 0 Å². The van der Waals surface area contributed by atoms with E-state index in [2.05, 4.69) is 6.58 Å². The summed E-state index contributed by atoms with van der Waals surface area (Å²) in [4.78, 5) is 29.7. The van der Waals surface area contributed by atoms with Crippen molar-refractivity contribution in [3.63, 3.8) is 0 Å². The quantitative estimate of drug-likeness (QED) is 0.248. The average Bonchev–Trinajstić information content (AvgIpc) is 3.06. The third-order valence-corrected chi connectivity index (χ3v) is 5.66. The van der Waals surface area contributed by atoms with Crippen LogP contribution in [0.2, 0.25) is 0 Å². The molecule has 180 valence electrons. The molecule has 1 atom stereocenters. The highest BCUT2D eigenvalue weighted by Gasteiger charge is 2.46. The molecule has 1 N–H and O–H groups in total. The second-order valence-corrected chi connectivity index (χ2v) is 8.37. The van der Waals surface area contributed by atoms with Gasteiger partial charge in [-0.1, -0.05) is 24.8 Å². The summed E-state index contributed by atoms with van der Waals surface area (Å²) in [7, 11) is 3.81. The number of likely N-dealkylation sites (tertiary alicyclic amines) is 1. The maximum atomic E-state index is 13.2. The summed E-state index contributed by atoms with van der Waals surface area (Å²) in [6, 6.07) is 11.8. The van der Waals surface area contributed by atoms with E-state index < -0.39 is 17.7 Å². The van der Waals surface area contributed by atoms with Gasteiger partial charge in [-0.05, 0) is 69.4 Å². The van der Waals surface area contributed by atoms with Crippen molar-refractivity contribution in [3.8, 4) is 11.5 Å². The molecule has 0 spiro atoms. The van der Waals surface area contributed by atoms with Gasteiger partial charge in [0.2, 0.25) is 0 Å². The molecule has 0 aliphatic carbocycles. The predicted octanol–water partition coefficient (Wildman–Crippen LogP) is 3.94. The van der Waals surface area contributed by atoms with E-state index in [1.165, 1.54) is 4.90 Å². The largest absolute Gasteiger partial charge is 0.507 e. The predicted molar refractivity (Wildman–Crippen MR) is 132 cm³/mol. The minimum Gasteiger partial charge on any atom is -0.507 e. The summed E-state index contributed by atoms with van der Waals surface area (Å²) in [5, 5.41) is 11.3. The van der Waals surface area contributed by atoms with Gasteiger partial charge >= 0.3 is 0 Å². The molecule has 0 bridgehead atoms. The molecule has 2 aromatic rings. The Morgan fingerprint density at radius 1 is 1.12 bits per heavy atom. The number of carbonyl (C=O) groups is 2. The van der Waals surface area contributed by atoms with Crippen molar-refractivity contribution in [2.45, 2.75) is 19.9 Å². The Kier molecular flexibility index (Phi) is 8.12. The zero-order valence-corrected chi connectivity index (χ0v) is 20.2. The van der Waals surface area contributed by atoms with E-state index in [9.17, 15) is 14.7 Å². The van der Waals surface area contributed by atoms with Crippen LogP contribution in [0.5, 0.6) is 11.5 Å². The van der Waals surface area contributed by atoms with E-state index in [0.717, 1.165) is 5.56 Å². The van der Waals surface area contributed by atoms with Crippen LogP contribution in [0.15, 0.2) is 60.7 Å². The maximum Gasteiger partial charge on any atom is 0.295 e. The number of benzene rings is 2. The fourth-order valence-corrected chi connectivity index (χ4v) is 3.97. The average molecular weight is 465 g/mol. The summed E-state index contributed by atoms with van der Waals surface area (Å²) in [5.41, 5.74) is 2.03. The molecule has 2 aromatic carbocycles. The summed E-state index contributed by atoms with van der Waals surface area (Å²) in [6.07, 6.45) is 1.66. The van der Waals surface area contributed by atoms with E-state index in [1.807, 2.05) is 45.0 Å². The molecule has 3 rings (SSSR count). The lowest BCUT2D eigenvalue weighted by Gasteiger charge is -2.26. The molecule has 0 aromatic heterocycles. The molecule has 1 fully saturated rings. The first-order valence-corrected chi connectivity index (χ1v) is 11.3. The van der Waals surface area contributed by atoms with Crippen LogP contribution in [0.4, 0.5) is 0 Å². The van der Waals surface area contributed by atoms with Crippen LogP contribution >= 0.6 is 0 Å². The highest BCUT2D eigenvalue weighted by molar-refractivity contribution is 6.46. The number of hydrogen-bond donors (Lipinski definition) is 1. The van der Waals surface area contributed by atoms with Gasteiger partial charge < -0.3 is 24.4 Å². The van der Waals surface area contributed by atoms with Crippen LogP contribution < -0.4 is 9.47 Å². The molecule has 1 aliphatic rings. The van der Waals surface area contributed by atoms with Crippen molar-refractivity contribution in [3.05, 3.63) is 77.4 Å². The maximum absolute atomic E-state index is 13.2. The van der Waals surface area contributed by atoms with E-state index in [1.54, 1.807) is 36.4 Å². The monoisotopic (exact) mass is 464 g/mol. The number of nitrogens with zero attached hydrogens (tertiary/aromatic N) is 2. The lowest BCUT2D eigenvalue weighted by molar-refractivity contribution is -0.140. The molecular formula is C27H32N2O5. The van der Waals surface area contributed by atoms with Crippen LogP contribution in [0, 0.1) is 6.92 Å². The minimum atomic E-state index is -0.709. The third kappa shape index (κ3) is 5.31. The Hall–Kier alpha value is -3.58. The van der Waals surface area contributed by atoms with Crippen LogP contribution in [0.3, 0.4) is 0 Å². The first kappa shape index (κ1) is 25.1. The molecule has 1 saturated heterocycles. The summed E-state index contributed by atoms with van der Waals surface area (Å²) >= 11 is 0. The molecule has 7 heteroatoms. The van der Waals surface area contributed by atoms with E-state index >= 15 is 0 Å². The van der Waals surface area contributed by atoms with E-state index in [-0.39, 0.29) is 11.3 Å². The van der Waals surface area contributed by atoms with Crippen molar-refractivity contribution in [1.29, 1.82) is 0 Å². The molecule has 1 unspecified atom stereocenters. The van der Waals surface area contributed by atoms with Crippen molar-refractivity contribution in [1.82, 2.24) is 9.80 Å². The molecular weight excluding hydrogens is 432 g/mol. The highest BCUT2D eigenvalue weighted by Crippen LogP contribution is 2.40. The fraction of sp³-hybridized carbons (Fsp3) is 0.333. The van der Waals surface area contributed by atoms with Crippen molar-refractivity contribution in [2.75, 3.05) is 40.4 Å². The molecule has 7 nitrogen and oxygen atoms in total. The topological polar surface area (TPSA) is 79.3 Å². The SMILES string of the molecule is C=CCOc1ccc(C2C(=C(O)c3ccc(OCC)cc3C)C(=O)C(=O)N2CCN(C)C)cc1. The van der Waals surface area contributed by atoms with Gasteiger partial charge in [0, 0.05) is 18.7 Å². The van der Waals surface area contributed by atoms with Gasteiger partial charge in [-0.25, -0.2) is 0 Å². The number of aliphatic hydroxyl groups excluding tert-OH is 1. The number of aryl methyl sites for hydroxylation is 1. The number of amides is 1. The number of aliphatic hydroxyl groups is 1. The number of likely N-dealkylation sites (N-methyl/N-ethyl adjacent to an activating group) is 1. The number of Topliss-reactive ketones (excluding diaryl/α,β-unsaturated/α-hetero) is 1. The first-order chi connectivity index (χ1) is 16.3. The Morgan fingerprint density at radius 3 is 2.38 bits per heavy atom. The normalized spacial score (nSPS) is 17.3. The highest BCUT2D eigenvalue weighted by atomic mass is 16.5. The Balaban J connectivity index is 2.09. The smallest absolute Gasteiger partial charge is 0.295 e. The van der Waals surface area contributed by atoms with Crippen molar-refractivity contribution >= 4 is 17.4 Å². The Labute approximate surface area is 200 Å². The van der Waals surface area contributed by atoms with Crippen LogP contribution in [-0.4, -0.2) is 67.0 Å². The third-order valence-electron chi connectivity index (χ3n) is 5.66. The van der Waals surface area contributed by atoms with Gasteiger partial charge in [0.1, 0.15) is 23.9 Å². The van der Waals surface area contributed by atoms with Gasteiger partial charge in [-0.2, -0.15) is 0 Å².